The van der Waals surface area contributed by atoms with Crippen molar-refractivity contribution in [1.29, 1.82) is 0 Å². The molecule has 4 heteroatoms. The zero-order valence-electron chi connectivity index (χ0n) is 12.3. The predicted octanol–water partition coefficient (Wildman–Crippen LogP) is 2.59. The van der Waals surface area contributed by atoms with Crippen LogP contribution in [-0.2, 0) is 13.0 Å². The molecule has 1 aromatic heterocycles. The number of hydrogen-bond acceptors (Lipinski definition) is 3. The van der Waals surface area contributed by atoms with Crippen molar-refractivity contribution in [2.24, 2.45) is 5.92 Å². The van der Waals surface area contributed by atoms with Crippen LogP contribution in [0.15, 0.2) is 36.5 Å². The second-order valence-electron chi connectivity index (χ2n) is 6.20. The van der Waals surface area contributed by atoms with Crippen LogP contribution in [-0.4, -0.2) is 22.9 Å². The van der Waals surface area contributed by atoms with Crippen LogP contribution in [0.4, 0.5) is 5.82 Å². The largest absolute Gasteiger partial charge is 0.370 e. The van der Waals surface area contributed by atoms with Gasteiger partial charge in [-0.2, -0.15) is 5.10 Å². The topological polar surface area (TPSA) is 41.9 Å². The van der Waals surface area contributed by atoms with Crippen LogP contribution in [0.1, 0.15) is 30.0 Å². The fourth-order valence-corrected chi connectivity index (χ4v) is 3.60. The van der Waals surface area contributed by atoms with Crippen molar-refractivity contribution in [2.75, 3.05) is 18.4 Å². The van der Waals surface area contributed by atoms with Gasteiger partial charge in [0.25, 0.3) is 0 Å². The Kier molecular flexibility index (Phi) is 3.39. The Balaban J connectivity index is 1.40. The first-order chi connectivity index (χ1) is 10.4. The summed E-state index contributed by atoms with van der Waals surface area (Å²) >= 11 is 0. The smallest absolute Gasteiger partial charge is 0.124 e. The van der Waals surface area contributed by atoms with Gasteiger partial charge in [-0.05, 0) is 30.4 Å². The molecule has 2 heterocycles. The Bertz CT molecular complexity index is 619. The standard InChI is InChI=1S/C17H22N4/c1-2-6-15-14(4-1)5-3-7-16(15)18-10-13-11-19-17-8-9-20-21(17)12-13/h1-2,4,6,8-9,13,16,18-19H,3,5,7,10-12H2/t13-,16+/m0/s1. The lowest BCUT2D eigenvalue weighted by atomic mass is 9.87. The molecule has 1 aliphatic carbocycles. The van der Waals surface area contributed by atoms with E-state index in [0.29, 0.717) is 12.0 Å². The SMILES string of the molecule is c1ccc2c(c1)CCC[C@H]2NC[C@H]1CNc2ccnn2C1. The van der Waals surface area contributed by atoms with Gasteiger partial charge in [-0.1, -0.05) is 24.3 Å². The van der Waals surface area contributed by atoms with E-state index in [4.69, 9.17) is 0 Å². The fraction of sp³-hybridized carbons (Fsp3) is 0.471. The van der Waals surface area contributed by atoms with Gasteiger partial charge in [-0.15, -0.1) is 0 Å². The minimum atomic E-state index is 0.522. The average molecular weight is 282 g/mol. The van der Waals surface area contributed by atoms with E-state index in [2.05, 4.69) is 44.7 Å². The summed E-state index contributed by atoms with van der Waals surface area (Å²) in [7, 11) is 0. The molecule has 0 saturated heterocycles. The van der Waals surface area contributed by atoms with E-state index in [1.54, 1.807) is 0 Å². The van der Waals surface area contributed by atoms with Crippen LogP contribution in [0.5, 0.6) is 0 Å². The van der Waals surface area contributed by atoms with Gasteiger partial charge in [0, 0.05) is 37.7 Å². The first-order valence-corrected chi connectivity index (χ1v) is 7.97. The van der Waals surface area contributed by atoms with Crippen molar-refractivity contribution >= 4 is 5.82 Å². The third-order valence-electron chi connectivity index (χ3n) is 4.74. The van der Waals surface area contributed by atoms with Gasteiger partial charge >= 0.3 is 0 Å². The maximum Gasteiger partial charge on any atom is 0.124 e. The zero-order chi connectivity index (χ0) is 14.1. The number of nitrogens with one attached hydrogen (secondary N) is 2. The van der Waals surface area contributed by atoms with Crippen LogP contribution in [0.3, 0.4) is 0 Å². The minimum Gasteiger partial charge on any atom is -0.370 e. The number of benzene rings is 1. The highest BCUT2D eigenvalue weighted by molar-refractivity contribution is 5.35. The van der Waals surface area contributed by atoms with Crippen LogP contribution >= 0.6 is 0 Å². The quantitative estimate of drug-likeness (QED) is 0.909. The molecule has 4 rings (SSSR count). The number of fused-ring (bicyclic) bond motifs is 2. The molecule has 21 heavy (non-hydrogen) atoms. The number of aromatic nitrogens is 2. The third-order valence-corrected chi connectivity index (χ3v) is 4.74. The highest BCUT2D eigenvalue weighted by atomic mass is 15.3. The number of aryl methyl sites for hydroxylation is 1. The minimum absolute atomic E-state index is 0.522. The Morgan fingerprint density at radius 1 is 1.29 bits per heavy atom. The lowest BCUT2D eigenvalue weighted by molar-refractivity contribution is 0.356. The summed E-state index contributed by atoms with van der Waals surface area (Å²) in [6.07, 6.45) is 5.65. The molecule has 2 atom stereocenters. The summed E-state index contributed by atoms with van der Waals surface area (Å²) in [6.45, 7) is 3.09. The molecule has 0 unspecified atom stereocenters. The second-order valence-corrected chi connectivity index (χ2v) is 6.20. The first kappa shape index (κ1) is 12.9. The maximum atomic E-state index is 4.36. The molecule has 0 saturated carbocycles. The third kappa shape index (κ3) is 2.56. The molecule has 2 N–H and O–H groups in total. The van der Waals surface area contributed by atoms with E-state index in [9.17, 15) is 0 Å². The molecule has 2 aromatic rings. The summed E-state index contributed by atoms with van der Waals surface area (Å²) < 4.78 is 2.07. The highest BCUT2D eigenvalue weighted by Gasteiger charge is 2.22. The summed E-state index contributed by atoms with van der Waals surface area (Å²) in [4.78, 5) is 0. The van der Waals surface area contributed by atoms with Crippen LogP contribution in [0.25, 0.3) is 0 Å². The second kappa shape index (κ2) is 5.53. The number of hydrogen-bond donors (Lipinski definition) is 2. The van der Waals surface area contributed by atoms with Crippen molar-refractivity contribution < 1.29 is 0 Å². The molecule has 0 bridgehead atoms. The van der Waals surface area contributed by atoms with Crippen LogP contribution in [0, 0.1) is 5.92 Å². The molecule has 0 amide bonds. The molecule has 4 nitrogen and oxygen atoms in total. The predicted molar refractivity (Wildman–Crippen MR) is 84.3 cm³/mol. The first-order valence-electron chi connectivity index (χ1n) is 7.97. The van der Waals surface area contributed by atoms with Crippen LogP contribution < -0.4 is 10.6 Å². The number of anilines is 1. The average Bonchev–Trinajstić information content (AvgIpc) is 3.00. The van der Waals surface area contributed by atoms with E-state index < -0.39 is 0 Å². The normalized spacial score (nSPS) is 24.0. The molecular weight excluding hydrogens is 260 g/mol. The van der Waals surface area contributed by atoms with Crippen molar-refractivity contribution in [3.05, 3.63) is 47.7 Å². The zero-order valence-corrected chi connectivity index (χ0v) is 12.3. The van der Waals surface area contributed by atoms with Crippen molar-refractivity contribution in [1.82, 2.24) is 15.1 Å². The molecule has 0 fully saturated rings. The van der Waals surface area contributed by atoms with Gasteiger partial charge in [0.15, 0.2) is 0 Å². The van der Waals surface area contributed by atoms with Gasteiger partial charge in [-0.25, -0.2) is 4.68 Å². The number of rotatable bonds is 3. The fourth-order valence-electron chi connectivity index (χ4n) is 3.60. The van der Waals surface area contributed by atoms with Gasteiger partial charge in [-0.3, -0.25) is 0 Å². The molecule has 110 valence electrons. The van der Waals surface area contributed by atoms with E-state index in [-0.39, 0.29) is 0 Å². The Labute approximate surface area is 125 Å². The Morgan fingerprint density at radius 2 is 2.24 bits per heavy atom. The van der Waals surface area contributed by atoms with E-state index in [1.807, 2.05) is 12.3 Å². The van der Waals surface area contributed by atoms with Crippen molar-refractivity contribution in [3.63, 3.8) is 0 Å². The molecular formula is C17H22N4. The molecule has 1 aliphatic heterocycles. The van der Waals surface area contributed by atoms with E-state index in [0.717, 1.165) is 25.5 Å². The van der Waals surface area contributed by atoms with Gasteiger partial charge in [0.05, 0.1) is 6.20 Å². The summed E-state index contributed by atoms with van der Waals surface area (Å²) in [5, 5.41) is 11.6. The summed E-state index contributed by atoms with van der Waals surface area (Å²) in [6, 6.07) is 11.5. The van der Waals surface area contributed by atoms with Gasteiger partial charge < -0.3 is 10.6 Å². The Hall–Kier alpha value is -1.81. The lowest BCUT2D eigenvalue weighted by Crippen LogP contribution is -2.37. The number of nitrogens with zero attached hydrogens (tertiary/aromatic N) is 2. The summed E-state index contributed by atoms with van der Waals surface area (Å²) in [5.41, 5.74) is 3.03. The molecule has 1 aromatic carbocycles. The van der Waals surface area contributed by atoms with Gasteiger partial charge in [0.2, 0.25) is 0 Å². The van der Waals surface area contributed by atoms with E-state index in [1.165, 1.54) is 30.4 Å². The lowest BCUT2D eigenvalue weighted by Gasteiger charge is -2.30. The highest BCUT2D eigenvalue weighted by Crippen LogP contribution is 2.29. The molecule has 2 aliphatic rings. The monoisotopic (exact) mass is 282 g/mol. The van der Waals surface area contributed by atoms with E-state index >= 15 is 0 Å². The maximum absolute atomic E-state index is 4.36. The Morgan fingerprint density at radius 3 is 3.24 bits per heavy atom. The van der Waals surface area contributed by atoms with Gasteiger partial charge in [0.1, 0.15) is 5.82 Å². The molecule has 0 radical (unpaired) electrons. The van der Waals surface area contributed by atoms with Crippen molar-refractivity contribution in [2.45, 2.75) is 31.8 Å². The van der Waals surface area contributed by atoms with Crippen molar-refractivity contribution in [3.8, 4) is 0 Å². The molecule has 0 spiro atoms. The van der Waals surface area contributed by atoms with Crippen LogP contribution in [0.2, 0.25) is 0 Å². The summed E-state index contributed by atoms with van der Waals surface area (Å²) in [5.74, 6) is 1.75.